The zero-order valence-electron chi connectivity index (χ0n) is 11.2. The summed E-state index contributed by atoms with van der Waals surface area (Å²) in [6, 6.07) is 7.46. The molecule has 0 bridgehead atoms. The highest BCUT2D eigenvalue weighted by molar-refractivity contribution is 5.96. The van der Waals surface area contributed by atoms with Crippen LogP contribution in [0.3, 0.4) is 0 Å². The highest BCUT2D eigenvalue weighted by Crippen LogP contribution is 2.23. The average molecular weight is 262 g/mol. The van der Waals surface area contributed by atoms with Gasteiger partial charge >= 0.3 is 5.97 Å². The molecule has 1 unspecified atom stereocenters. The molecule has 1 aromatic carbocycles. The van der Waals surface area contributed by atoms with Crippen molar-refractivity contribution >= 4 is 17.6 Å². The maximum Gasteiger partial charge on any atom is 0.319 e. The molecule has 0 aromatic heterocycles. The molecule has 0 saturated heterocycles. The zero-order valence-corrected chi connectivity index (χ0v) is 11.2. The van der Waals surface area contributed by atoms with Crippen LogP contribution < -0.4 is 5.32 Å². The van der Waals surface area contributed by atoms with Crippen molar-refractivity contribution in [2.75, 3.05) is 26.0 Å². The number of methoxy groups -OCH3 is 1. The first-order chi connectivity index (χ1) is 9.11. The topological polar surface area (TPSA) is 58.6 Å². The number of carbonyl (C=O) groups is 2. The van der Waals surface area contributed by atoms with E-state index >= 15 is 0 Å². The van der Waals surface area contributed by atoms with E-state index in [0.29, 0.717) is 6.42 Å². The summed E-state index contributed by atoms with van der Waals surface area (Å²) in [5.74, 6) is -0.409. The Morgan fingerprint density at radius 3 is 2.95 bits per heavy atom. The Hall–Kier alpha value is -1.88. The van der Waals surface area contributed by atoms with Crippen molar-refractivity contribution in [3.8, 4) is 0 Å². The van der Waals surface area contributed by atoms with Crippen LogP contribution in [0.15, 0.2) is 24.3 Å². The van der Waals surface area contributed by atoms with Gasteiger partial charge in [-0.05, 0) is 31.5 Å². The van der Waals surface area contributed by atoms with E-state index in [-0.39, 0.29) is 24.5 Å². The normalized spacial score (nSPS) is 18.5. The van der Waals surface area contributed by atoms with Crippen LogP contribution in [0.5, 0.6) is 0 Å². The maximum atomic E-state index is 12.2. The molecule has 1 amide bonds. The molecule has 1 heterocycles. The minimum atomic E-state index is -0.336. The first-order valence-electron chi connectivity index (χ1n) is 6.27. The summed E-state index contributed by atoms with van der Waals surface area (Å²) < 4.78 is 4.63. The van der Waals surface area contributed by atoms with Crippen LogP contribution in [-0.2, 0) is 20.7 Å². The Balaban J connectivity index is 2.10. The molecule has 0 spiro atoms. The monoisotopic (exact) mass is 262 g/mol. The Morgan fingerprint density at radius 1 is 1.47 bits per heavy atom. The van der Waals surface area contributed by atoms with E-state index in [9.17, 15) is 9.59 Å². The van der Waals surface area contributed by atoms with Gasteiger partial charge in [-0.15, -0.1) is 0 Å². The van der Waals surface area contributed by atoms with Gasteiger partial charge in [-0.2, -0.15) is 0 Å². The van der Waals surface area contributed by atoms with E-state index in [1.807, 2.05) is 24.3 Å². The van der Waals surface area contributed by atoms with Gasteiger partial charge in [-0.3, -0.25) is 14.5 Å². The fourth-order valence-corrected chi connectivity index (χ4v) is 2.30. The Morgan fingerprint density at radius 2 is 2.21 bits per heavy atom. The summed E-state index contributed by atoms with van der Waals surface area (Å²) in [6.07, 6.45) is 1.50. The van der Waals surface area contributed by atoms with E-state index in [1.54, 1.807) is 11.9 Å². The number of aryl methyl sites for hydroxylation is 1. The maximum absolute atomic E-state index is 12.2. The number of hydrogen-bond donors (Lipinski definition) is 1. The number of nitrogens with zero attached hydrogens (tertiary/aromatic N) is 1. The molecular weight excluding hydrogens is 244 g/mol. The first kappa shape index (κ1) is 13.5. The highest BCUT2D eigenvalue weighted by Gasteiger charge is 2.27. The van der Waals surface area contributed by atoms with E-state index in [0.717, 1.165) is 17.7 Å². The number of ether oxygens (including phenoxy) is 1. The minimum absolute atomic E-state index is 0.0728. The number of hydrogen-bond acceptors (Lipinski definition) is 4. The third-order valence-corrected chi connectivity index (χ3v) is 3.40. The van der Waals surface area contributed by atoms with Gasteiger partial charge < -0.3 is 10.1 Å². The van der Waals surface area contributed by atoms with Gasteiger partial charge in [0.15, 0.2) is 0 Å². The number of fused-ring (bicyclic) bond motifs is 1. The van der Waals surface area contributed by atoms with E-state index in [4.69, 9.17) is 0 Å². The van der Waals surface area contributed by atoms with E-state index in [1.165, 1.54) is 7.11 Å². The number of para-hydroxylation sites is 1. The molecule has 1 aliphatic heterocycles. The van der Waals surface area contributed by atoms with Gasteiger partial charge in [0.25, 0.3) is 0 Å². The molecule has 0 aliphatic carbocycles. The SMILES string of the molecule is COC(=O)CN(C)C1CCc2ccccc2NC1=O. The summed E-state index contributed by atoms with van der Waals surface area (Å²) >= 11 is 0. The number of amides is 1. The molecule has 5 heteroatoms. The summed E-state index contributed by atoms with van der Waals surface area (Å²) in [4.78, 5) is 25.2. The predicted molar refractivity (Wildman–Crippen MR) is 71.8 cm³/mol. The van der Waals surface area contributed by atoms with Crippen LogP contribution >= 0.6 is 0 Å². The Labute approximate surface area is 112 Å². The summed E-state index contributed by atoms with van der Waals surface area (Å²) in [5.41, 5.74) is 1.99. The second-order valence-corrected chi connectivity index (χ2v) is 4.69. The fourth-order valence-electron chi connectivity index (χ4n) is 2.30. The van der Waals surface area contributed by atoms with Gasteiger partial charge in [0, 0.05) is 5.69 Å². The van der Waals surface area contributed by atoms with Crippen molar-refractivity contribution < 1.29 is 14.3 Å². The lowest BCUT2D eigenvalue weighted by atomic mass is 10.1. The zero-order chi connectivity index (χ0) is 13.8. The van der Waals surface area contributed by atoms with Crippen LogP contribution in [0.1, 0.15) is 12.0 Å². The van der Waals surface area contributed by atoms with Crippen LogP contribution in [-0.4, -0.2) is 43.5 Å². The number of likely N-dealkylation sites (N-methyl/N-ethyl adjacent to an activating group) is 1. The lowest BCUT2D eigenvalue weighted by Gasteiger charge is -2.24. The quantitative estimate of drug-likeness (QED) is 0.827. The second-order valence-electron chi connectivity index (χ2n) is 4.69. The van der Waals surface area contributed by atoms with Crippen molar-refractivity contribution in [1.82, 2.24) is 4.90 Å². The van der Waals surface area contributed by atoms with Crippen molar-refractivity contribution in [1.29, 1.82) is 0 Å². The minimum Gasteiger partial charge on any atom is -0.468 e. The third-order valence-electron chi connectivity index (χ3n) is 3.40. The van der Waals surface area contributed by atoms with Gasteiger partial charge in [0.1, 0.15) is 0 Å². The lowest BCUT2D eigenvalue weighted by molar-refractivity contribution is -0.142. The molecule has 1 N–H and O–H groups in total. The largest absolute Gasteiger partial charge is 0.468 e. The third kappa shape index (κ3) is 3.12. The molecule has 1 aromatic rings. The lowest BCUT2D eigenvalue weighted by Crippen LogP contribution is -2.43. The molecule has 1 aliphatic rings. The Bertz CT molecular complexity index is 487. The number of esters is 1. The number of rotatable bonds is 3. The fraction of sp³-hybridized carbons (Fsp3) is 0.429. The van der Waals surface area contributed by atoms with Crippen LogP contribution in [0.4, 0.5) is 5.69 Å². The first-order valence-corrected chi connectivity index (χ1v) is 6.27. The molecule has 0 fully saturated rings. The van der Waals surface area contributed by atoms with E-state index in [2.05, 4.69) is 10.1 Å². The van der Waals surface area contributed by atoms with Crippen LogP contribution in [0, 0.1) is 0 Å². The standard InChI is InChI=1S/C14H18N2O3/c1-16(9-13(17)19-2)12-8-7-10-5-3-4-6-11(10)15-14(12)18/h3-6,12H,7-9H2,1-2H3,(H,15,18). The van der Waals surface area contributed by atoms with Crippen molar-refractivity contribution in [2.24, 2.45) is 0 Å². The molecule has 2 rings (SSSR count). The summed E-state index contributed by atoms with van der Waals surface area (Å²) in [7, 11) is 3.11. The molecule has 19 heavy (non-hydrogen) atoms. The van der Waals surface area contributed by atoms with Gasteiger partial charge in [-0.25, -0.2) is 0 Å². The summed E-state index contributed by atoms with van der Waals surface area (Å²) in [5, 5.41) is 2.91. The number of benzene rings is 1. The molecular formula is C14H18N2O3. The average Bonchev–Trinajstić information content (AvgIpc) is 2.56. The molecule has 1 atom stereocenters. The smallest absolute Gasteiger partial charge is 0.319 e. The van der Waals surface area contributed by atoms with Crippen molar-refractivity contribution in [3.05, 3.63) is 29.8 Å². The van der Waals surface area contributed by atoms with E-state index < -0.39 is 0 Å². The van der Waals surface area contributed by atoms with Crippen LogP contribution in [0.25, 0.3) is 0 Å². The molecule has 5 nitrogen and oxygen atoms in total. The van der Waals surface area contributed by atoms with Gasteiger partial charge in [-0.1, -0.05) is 18.2 Å². The van der Waals surface area contributed by atoms with Crippen molar-refractivity contribution in [2.45, 2.75) is 18.9 Å². The second kappa shape index (κ2) is 5.84. The van der Waals surface area contributed by atoms with Crippen LogP contribution in [0.2, 0.25) is 0 Å². The number of anilines is 1. The predicted octanol–water partition coefficient (Wildman–Crippen LogP) is 1.04. The molecule has 0 saturated carbocycles. The number of carbonyl (C=O) groups excluding carboxylic acids is 2. The van der Waals surface area contributed by atoms with Gasteiger partial charge in [0.2, 0.25) is 5.91 Å². The van der Waals surface area contributed by atoms with Gasteiger partial charge in [0.05, 0.1) is 19.7 Å². The van der Waals surface area contributed by atoms with Crippen molar-refractivity contribution in [3.63, 3.8) is 0 Å². The number of nitrogens with one attached hydrogen (secondary N) is 1. The highest BCUT2D eigenvalue weighted by atomic mass is 16.5. The molecule has 102 valence electrons. The summed E-state index contributed by atoms with van der Waals surface area (Å²) in [6.45, 7) is 0.116. The molecule has 0 radical (unpaired) electrons. The Kier molecular flexibility index (Phi) is 4.16.